The Kier molecular flexibility index (Phi) is 19.8. The van der Waals surface area contributed by atoms with Gasteiger partial charge in [-0.3, -0.25) is 0 Å². The van der Waals surface area contributed by atoms with Crippen molar-refractivity contribution in [3.05, 3.63) is 0 Å². The van der Waals surface area contributed by atoms with Gasteiger partial charge in [0.15, 0.2) is 0 Å². The lowest BCUT2D eigenvalue weighted by Gasteiger charge is -2.34. The maximum absolute atomic E-state index is 9.97. The highest BCUT2D eigenvalue weighted by molar-refractivity contribution is 7.86. The number of nitrogens with zero attached hydrogens (tertiary/aromatic N) is 2. The third-order valence-electron chi connectivity index (χ3n) is 6.41. The van der Waals surface area contributed by atoms with Crippen LogP contribution in [0.4, 0.5) is 0 Å². The molecule has 0 aliphatic rings. The molecule has 10 heteroatoms. The Morgan fingerprint density at radius 3 is 0.700 bits per heavy atom. The van der Waals surface area contributed by atoms with E-state index in [2.05, 4.69) is 55.4 Å². The first-order valence-electron chi connectivity index (χ1n) is 11.3. The Labute approximate surface area is 187 Å². The summed E-state index contributed by atoms with van der Waals surface area (Å²) in [5.74, 6) is -1.24. The summed E-state index contributed by atoms with van der Waals surface area (Å²) >= 11 is 0. The molecule has 0 heterocycles. The molecule has 0 radical (unpaired) electrons. The predicted molar refractivity (Wildman–Crippen MR) is 123 cm³/mol. The molecule has 8 nitrogen and oxygen atoms in total. The van der Waals surface area contributed by atoms with E-state index in [1.54, 1.807) is 0 Å². The first-order chi connectivity index (χ1) is 13.7. The number of quaternary nitrogens is 2. The molecule has 0 N–H and O–H groups in total. The van der Waals surface area contributed by atoms with E-state index in [1.165, 1.54) is 61.3 Å². The lowest BCUT2D eigenvalue weighted by molar-refractivity contribution is -0.921. The second-order valence-electron chi connectivity index (χ2n) is 7.44. The quantitative estimate of drug-likeness (QED) is 0.229. The van der Waals surface area contributed by atoms with Gasteiger partial charge in [0.05, 0.1) is 72.6 Å². The van der Waals surface area contributed by atoms with E-state index in [4.69, 9.17) is 0 Å². The number of hydrogen-bond acceptors (Lipinski definition) is 6. The number of rotatable bonds is 13. The van der Waals surface area contributed by atoms with Crippen molar-refractivity contribution in [2.75, 3.05) is 63.9 Å². The van der Waals surface area contributed by atoms with Crippen molar-refractivity contribution in [3.63, 3.8) is 0 Å². The van der Waals surface area contributed by atoms with E-state index in [0.29, 0.717) is 0 Å². The van der Waals surface area contributed by atoms with Crippen LogP contribution >= 0.6 is 0 Å². The van der Waals surface area contributed by atoms with E-state index >= 15 is 0 Å². The molecule has 0 rings (SSSR count). The Bertz CT molecular complexity index is 510. The van der Waals surface area contributed by atoms with E-state index in [1.807, 2.05) is 0 Å². The van der Waals surface area contributed by atoms with Crippen LogP contribution in [-0.2, 0) is 20.2 Å². The minimum atomic E-state index is -4.29. The minimum Gasteiger partial charge on any atom is -0.748 e. The van der Waals surface area contributed by atoms with E-state index in [-0.39, 0.29) is 12.8 Å². The van der Waals surface area contributed by atoms with Crippen molar-refractivity contribution in [2.24, 2.45) is 0 Å². The highest BCUT2D eigenvalue weighted by Gasteiger charge is 2.16. The lowest BCUT2D eigenvalue weighted by Crippen LogP contribution is -2.47. The molecule has 0 fully saturated rings. The van der Waals surface area contributed by atoms with Crippen LogP contribution in [0.25, 0.3) is 0 Å². The van der Waals surface area contributed by atoms with Crippen LogP contribution < -0.4 is 0 Å². The third kappa shape index (κ3) is 18.5. The summed E-state index contributed by atoms with van der Waals surface area (Å²) in [6.07, 6.45) is -0.180. The Morgan fingerprint density at radius 2 is 0.633 bits per heavy atom. The van der Waals surface area contributed by atoms with Gasteiger partial charge in [-0.05, 0) is 68.2 Å². The summed E-state index contributed by atoms with van der Waals surface area (Å²) in [5, 5.41) is 0. The summed E-state index contributed by atoms with van der Waals surface area (Å²) in [4.78, 5) is 0. The standard InChI is InChI=1S/2C8H20N.C4H10O6S2/c2*1-5-9(6-2,7-3)8-4;5-11(6,7)3-1-2-4-12(8,9)10/h2*5-8H2,1-4H3;1-4H2,(H,5,6,7)(H,8,9,10)/q2*+1;/p-2. The van der Waals surface area contributed by atoms with Gasteiger partial charge in [-0.15, -0.1) is 0 Å². The van der Waals surface area contributed by atoms with Crippen LogP contribution in [0.2, 0.25) is 0 Å². The highest BCUT2D eigenvalue weighted by atomic mass is 32.2. The van der Waals surface area contributed by atoms with Crippen molar-refractivity contribution >= 4 is 20.2 Å². The molecule has 0 saturated carbocycles. The van der Waals surface area contributed by atoms with E-state index < -0.39 is 31.7 Å². The van der Waals surface area contributed by atoms with Crippen LogP contribution in [0, 0.1) is 0 Å². The monoisotopic (exact) mass is 476 g/mol. The van der Waals surface area contributed by atoms with Gasteiger partial charge in [-0.25, -0.2) is 16.8 Å². The fraction of sp³-hybridized carbons (Fsp3) is 1.00. The Morgan fingerprint density at radius 1 is 0.467 bits per heavy atom. The molecule has 0 aliphatic heterocycles. The maximum atomic E-state index is 9.97. The van der Waals surface area contributed by atoms with Crippen LogP contribution in [0.3, 0.4) is 0 Å². The van der Waals surface area contributed by atoms with Gasteiger partial charge in [-0.2, -0.15) is 0 Å². The lowest BCUT2D eigenvalue weighted by atomic mass is 10.3. The molecule has 0 spiro atoms. The van der Waals surface area contributed by atoms with Crippen LogP contribution in [0.5, 0.6) is 0 Å². The highest BCUT2D eigenvalue weighted by Crippen LogP contribution is 2.04. The number of unbranched alkanes of at least 4 members (excludes halogenated alkanes) is 1. The second kappa shape index (κ2) is 17.3. The molecule has 0 unspecified atom stereocenters. The molecule has 0 saturated heterocycles. The molecule has 0 aromatic carbocycles. The Balaban J connectivity index is -0.000000371. The first-order valence-corrected chi connectivity index (χ1v) is 14.4. The largest absolute Gasteiger partial charge is 0.748 e. The molecular formula is C20H48N2O6S2. The fourth-order valence-electron chi connectivity index (χ4n) is 3.24. The molecule has 0 atom stereocenters. The molecule has 0 aromatic heterocycles. The SMILES string of the molecule is CC[N+](CC)(CC)CC.CC[N+](CC)(CC)CC.O=S(=O)([O-])CCCCS(=O)(=O)[O-]. The molecule has 0 bridgehead atoms. The average Bonchev–Trinajstić information content (AvgIpc) is 2.70. The van der Waals surface area contributed by atoms with Crippen LogP contribution in [0.15, 0.2) is 0 Å². The molecule has 0 aliphatic carbocycles. The van der Waals surface area contributed by atoms with Gasteiger partial charge in [0.25, 0.3) is 0 Å². The molecule has 30 heavy (non-hydrogen) atoms. The number of hydrogen-bond donors (Lipinski definition) is 0. The zero-order valence-electron chi connectivity index (χ0n) is 20.6. The van der Waals surface area contributed by atoms with Crippen molar-refractivity contribution in [3.8, 4) is 0 Å². The van der Waals surface area contributed by atoms with Crippen molar-refractivity contribution in [1.82, 2.24) is 0 Å². The van der Waals surface area contributed by atoms with Crippen molar-refractivity contribution < 1.29 is 34.9 Å². The van der Waals surface area contributed by atoms with Gasteiger partial charge < -0.3 is 18.1 Å². The van der Waals surface area contributed by atoms with Gasteiger partial charge >= 0.3 is 0 Å². The fourth-order valence-corrected chi connectivity index (χ4v) is 4.36. The summed E-state index contributed by atoms with van der Waals surface area (Å²) in [5.41, 5.74) is 0. The summed E-state index contributed by atoms with van der Waals surface area (Å²) in [6.45, 7) is 28.4. The smallest absolute Gasteiger partial charge is 0.0945 e. The first kappa shape index (κ1) is 34.4. The molecule has 186 valence electrons. The predicted octanol–water partition coefficient (Wildman–Crippen LogP) is 2.62. The summed E-state index contributed by atoms with van der Waals surface area (Å²) < 4.78 is 62.4. The van der Waals surface area contributed by atoms with Crippen LogP contribution in [0.1, 0.15) is 68.2 Å². The molecule has 0 aromatic rings. The van der Waals surface area contributed by atoms with Crippen molar-refractivity contribution in [1.29, 1.82) is 0 Å². The maximum Gasteiger partial charge on any atom is 0.0945 e. The van der Waals surface area contributed by atoms with Crippen LogP contribution in [-0.4, -0.2) is 98.8 Å². The zero-order chi connectivity index (χ0) is 24.5. The van der Waals surface area contributed by atoms with Gasteiger partial charge in [0, 0.05) is 11.5 Å². The van der Waals surface area contributed by atoms with Crippen molar-refractivity contribution in [2.45, 2.75) is 68.2 Å². The minimum absolute atomic E-state index is 0.0900. The molecular weight excluding hydrogens is 428 g/mol. The van der Waals surface area contributed by atoms with E-state index in [0.717, 1.165) is 0 Å². The third-order valence-corrected chi connectivity index (χ3v) is 7.98. The average molecular weight is 477 g/mol. The zero-order valence-corrected chi connectivity index (χ0v) is 22.3. The molecule has 0 amide bonds. The normalized spacial score (nSPS) is 12.5. The van der Waals surface area contributed by atoms with Gasteiger partial charge in [0.2, 0.25) is 0 Å². The summed E-state index contributed by atoms with van der Waals surface area (Å²) in [7, 11) is -8.58. The summed E-state index contributed by atoms with van der Waals surface area (Å²) in [6, 6.07) is 0. The van der Waals surface area contributed by atoms with E-state index in [9.17, 15) is 25.9 Å². The van der Waals surface area contributed by atoms with Gasteiger partial charge in [-0.1, -0.05) is 0 Å². The topological polar surface area (TPSA) is 114 Å². The second-order valence-corrected chi connectivity index (χ2v) is 10.5. The Hall–Kier alpha value is -0.260. The van der Waals surface area contributed by atoms with Gasteiger partial charge in [0.1, 0.15) is 0 Å².